The normalized spacial score (nSPS) is 15.8. The van der Waals surface area contributed by atoms with Crippen molar-refractivity contribution in [3.63, 3.8) is 0 Å². The van der Waals surface area contributed by atoms with Crippen LogP contribution in [0.1, 0.15) is 17.7 Å². The molecule has 0 radical (unpaired) electrons. The Morgan fingerprint density at radius 1 is 1.18 bits per heavy atom. The molecular formula is C17H15NO4. The van der Waals surface area contributed by atoms with Gasteiger partial charge in [0.1, 0.15) is 11.5 Å². The molecule has 112 valence electrons. The van der Waals surface area contributed by atoms with Gasteiger partial charge in [-0.15, -0.1) is 0 Å². The van der Waals surface area contributed by atoms with Crippen molar-refractivity contribution >= 4 is 17.9 Å². The van der Waals surface area contributed by atoms with Crippen LogP contribution in [0.4, 0.5) is 0 Å². The zero-order chi connectivity index (χ0) is 15.4. The van der Waals surface area contributed by atoms with E-state index in [9.17, 15) is 4.79 Å². The van der Waals surface area contributed by atoms with Crippen LogP contribution in [-0.4, -0.2) is 19.0 Å². The maximum absolute atomic E-state index is 11.9. The van der Waals surface area contributed by atoms with Gasteiger partial charge in [-0.05, 0) is 24.3 Å². The molecule has 22 heavy (non-hydrogen) atoms. The fourth-order valence-electron chi connectivity index (χ4n) is 2.18. The highest BCUT2D eigenvalue weighted by atomic mass is 16.6. The Bertz CT molecular complexity index is 729. The Morgan fingerprint density at radius 3 is 2.82 bits per heavy atom. The van der Waals surface area contributed by atoms with Gasteiger partial charge in [0.25, 0.3) is 0 Å². The van der Waals surface area contributed by atoms with Crippen LogP contribution in [0.25, 0.3) is 6.08 Å². The molecule has 0 bridgehead atoms. The molecule has 2 heterocycles. The lowest BCUT2D eigenvalue weighted by Crippen LogP contribution is -2.04. The number of carbonyl (C=O) groups is 1. The van der Waals surface area contributed by atoms with Crippen LogP contribution in [0.15, 0.2) is 57.8 Å². The minimum atomic E-state index is -0.444. The minimum absolute atomic E-state index is 0.277. The lowest BCUT2D eigenvalue weighted by Gasteiger charge is -2.03. The third-order valence-corrected chi connectivity index (χ3v) is 3.26. The number of hydrogen-bond acceptors (Lipinski definition) is 5. The lowest BCUT2D eigenvalue weighted by molar-refractivity contribution is -0.130. The quantitative estimate of drug-likeness (QED) is 0.628. The van der Waals surface area contributed by atoms with E-state index in [1.54, 1.807) is 19.4 Å². The second-order valence-electron chi connectivity index (χ2n) is 4.75. The Labute approximate surface area is 127 Å². The van der Waals surface area contributed by atoms with E-state index in [4.69, 9.17) is 13.9 Å². The molecule has 0 unspecified atom stereocenters. The van der Waals surface area contributed by atoms with Crippen LogP contribution >= 0.6 is 0 Å². The largest absolute Gasteiger partial charge is 0.496 e. The van der Waals surface area contributed by atoms with Gasteiger partial charge in [0, 0.05) is 18.4 Å². The number of carbonyl (C=O) groups excluding carboxylic acids is 1. The van der Waals surface area contributed by atoms with E-state index >= 15 is 0 Å². The average molecular weight is 297 g/mol. The SMILES string of the molecule is COc1ccccc1/C=C1/N=C(CCc2ccco2)OC1=O. The molecule has 0 atom stereocenters. The number of cyclic esters (lactones) is 1. The molecule has 1 aliphatic heterocycles. The van der Waals surface area contributed by atoms with Crippen LogP contribution < -0.4 is 4.74 Å². The number of ether oxygens (including phenoxy) is 2. The van der Waals surface area contributed by atoms with Crippen molar-refractivity contribution in [1.29, 1.82) is 0 Å². The van der Waals surface area contributed by atoms with Gasteiger partial charge < -0.3 is 13.9 Å². The van der Waals surface area contributed by atoms with Crippen molar-refractivity contribution < 1.29 is 18.7 Å². The van der Waals surface area contributed by atoms with Crippen molar-refractivity contribution in [1.82, 2.24) is 0 Å². The smallest absolute Gasteiger partial charge is 0.363 e. The maximum atomic E-state index is 11.9. The second kappa shape index (κ2) is 6.30. The molecule has 0 fully saturated rings. The summed E-state index contributed by atoms with van der Waals surface area (Å²) >= 11 is 0. The van der Waals surface area contributed by atoms with E-state index in [1.165, 1.54) is 0 Å². The van der Waals surface area contributed by atoms with Gasteiger partial charge in [-0.3, -0.25) is 0 Å². The number of aryl methyl sites for hydroxylation is 1. The van der Waals surface area contributed by atoms with Gasteiger partial charge >= 0.3 is 5.97 Å². The summed E-state index contributed by atoms with van der Waals surface area (Å²) in [4.78, 5) is 16.1. The molecule has 5 nitrogen and oxygen atoms in total. The molecule has 3 rings (SSSR count). The van der Waals surface area contributed by atoms with Crippen LogP contribution in [0.3, 0.4) is 0 Å². The van der Waals surface area contributed by atoms with Crippen molar-refractivity contribution in [3.05, 3.63) is 59.7 Å². The predicted molar refractivity (Wildman–Crippen MR) is 81.5 cm³/mol. The van der Waals surface area contributed by atoms with E-state index in [1.807, 2.05) is 36.4 Å². The number of methoxy groups -OCH3 is 1. The van der Waals surface area contributed by atoms with Crippen LogP contribution in [-0.2, 0) is 16.0 Å². The summed E-state index contributed by atoms with van der Waals surface area (Å²) in [6.45, 7) is 0. The first kappa shape index (κ1) is 14.1. The van der Waals surface area contributed by atoms with Crippen molar-refractivity contribution in [2.24, 2.45) is 4.99 Å². The summed E-state index contributed by atoms with van der Waals surface area (Å²) in [7, 11) is 1.59. The third-order valence-electron chi connectivity index (χ3n) is 3.26. The van der Waals surface area contributed by atoms with Crippen LogP contribution in [0, 0.1) is 0 Å². The summed E-state index contributed by atoms with van der Waals surface area (Å²) in [6.07, 6.45) is 4.44. The zero-order valence-electron chi connectivity index (χ0n) is 12.1. The Kier molecular flexibility index (Phi) is 4.05. The molecule has 0 saturated heterocycles. The standard InChI is InChI=1S/C17H15NO4/c1-20-15-7-3-2-5-12(15)11-14-17(19)22-16(18-14)9-8-13-6-4-10-21-13/h2-7,10-11H,8-9H2,1H3/b14-11+. The molecule has 2 aromatic rings. The van der Waals surface area contributed by atoms with Crippen LogP contribution in [0.2, 0.25) is 0 Å². The van der Waals surface area contributed by atoms with Gasteiger partial charge in [0.15, 0.2) is 11.6 Å². The summed E-state index contributed by atoms with van der Waals surface area (Å²) in [5.74, 6) is 1.48. The van der Waals surface area contributed by atoms with Gasteiger partial charge in [-0.2, -0.15) is 0 Å². The van der Waals surface area contributed by atoms with Crippen molar-refractivity contribution in [2.75, 3.05) is 7.11 Å². The summed E-state index contributed by atoms with van der Waals surface area (Å²) < 4.78 is 15.7. The Morgan fingerprint density at radius 2 is 2.05 bits per heavy atom. The molecule has 0 amide bonds. The molecule has 1 aromatic carbocycles. The summed E-state index contributed by atoms with van der Waals surface area (Å²) in [5.41, 5.74) is 1.06. The third kappa shape index (κ3) is 3.09. The van der Waals surface area contributed by atoms with Crippen LogP contribution in [0.5, 0.6) is 5.75 Å². The van der Waals surface area contributed by atoms with Gasteiger partial charge in [0.05, 0.1) is 13.4 Å². The molecule has 0 aliphatic carbocycles. The number of rotatable bonds is 5. The highest BCUT2D eigenvalue weighted by Crippen LogP contribution is 2.23. The number of benzene rings is 1. The molecule has 0 N–H and O–H groups in total. The average Bonchev–Trinajstić information content (AvgIpc) is 3.16. The highest BCUT2D eigenvalue weighted by Gasteiger charge is 2.23. The monoisotopic (exact) mass is 297 g/mol. The minimum Gasteiger partial charge on any atom is -0.496 e. The topological polar surface area (TPSA) is 61.0 Å². The first-order valence-corrected chi connectivity index (χ1v) is 6.93. The Hall–Kier alpha value is -2.82. The fraction of sp³-hybridized carbons (Fsp3) is 0.176. The Balaban J connectivity index is 1.76. The van der Waals surface area contributed by atoms with E-state index in [2.05, 4.69) is 4.99 Å². The molecule has 5 heteroatoms. The summed E-state index contributed by atoms with van der Waals surface area (Å²) in [6, 6.07) is 11.1. The molecular weight excluding hydrogens is 282 g/mol. The van der Waals surface area contributed by atoms with E-state index < -0.39 is 5.97 Å². The number of para-hydroxylation sites is 1. The van der Waals surface area contributed by atoms with E-state index in [-0.39, 0.29) is 5.70 Å². The number of furan rings is 1. The molecule has 0 saturated carbocycles. The fourth-order valence-corrected chi connectivity index (χ4v) is 2.18. The first-order valence-electron chi connectivity index (χ1n) is 6.93. The molecule has 1 aromatic heterocycles. The van der Waals surface area contributed by atoms with Gasteiger partial charge in [0.2, 0.25) is 0 Å². The summed E-state index contributed by atoms with van der Waals surface area (Å²) in [5, 5.41) is 0. The van der Waals surface area contributed by atoms with Crippen molar-refractivity contribution in [3.8, 4) is 5.75 Å². The first-order chi connectivity index (χ1) is 10.8. The predicted octanol–water partition coefficient (Wildman–Crippen LogP) is 3.22. The second-order valence-corrected chi connectivity index (χ2v) is 4.75. The number of hydrogen-bond donors (Lipinski definition) is 0. The van der Waals surface area contributed by atoms with Gasteiger partial charge in [-0.1, -0.05) is 18.2 Å². The number of nitrogens with zero attached hydrogens (tertiary/aromatic N) is 1. The number of aliphatic imine (C=N–C) groups is 1. The van der Waals surface area contributed by atoms with E-state index in [0.29, 0.717) is 24.5 Å². The lowest BCUT2D eigenvalue weighted by atomic mass is 10.1. The van der Waals surface area contributed by atoms with Crippen molar-refractivity contribution in [2.45, 2.75) is 12.8 Å². The maximum Gasteiger partial charge on any atom is 0.363 e. The molecule has 1 aliphatic rings. The number of esters is 1. The van der Waals surface area contributed by atoms with Gasteiger partial charge in [-0.25, -0.2) is 9.79 Å². The zero-order valence-corrected chi connectivity index (χ0v) is 12.1. The van der Waals surface area contributed by atoms with E-state index in [0.717, 1.165) is 11.3 Å². The highest BCUT2D eigenvalue weighted by molar-refractivity contribution is 6.07. The molecule has 0 spiro atoms.